The first-order valence-electron chi connectivity index (χ1n) is 4.07. The lowest BCUT2D eigenvalue weighted by Crippen LogP contribution is -2.11. The second-order valence-corrected chi connectivity index (χ2v) is 4.14. The molecule has 0 amide bonds. The van der Waals surface area contributed by atoms with Gasteiger partial charge in [-0.2, -0.15) is 13.2 Å². The molecule has 80 valence electrons. The van der Waals surface area contributed by atoms with Gasteiger partial charge < -0.3 is 0 Å². The van der Waals surface area contributed by atoms with E-state index in [2.05, 4.69) is 4.98 Å². The first kappa shape index (κ1) is 11.8. The van der Waals surface area contributed by atoms with Gasteiger partial charge in [-0.05, 0) is 12.8 Å². The fraction of sp³-hybridized carbons (Fsp3) is 0.625. The molecule has 1 heterocycles. The first-order valence-corrected chi connectivity index (χ1v) is 5.48. The van der Waals surface area contributed by atoms with Gasteiger partial charge in [0.15, 0.2) is 0 Å². The van der Waals surface area contributed by atoms with Crippen molar-refractivity contribution in [2.75, 3.05) is 5.88 Å². The molecule has 0 N–H and O–H groups in total. The molecule has 0 atom stereocenters. The maximum Gasteiger partial charge on any atom is 0.395 e. The molecule has 0 bridgehead atoms. The van der Waals surface area contributed by atoms with E-state index >= 15 is 0 Å². The van der Waals surface area contributed by atoms with Crippen LogP contribution in [0.2, 0.25) is 0 Å². The highest BCUT2D eigenvalue weighted by Gasteiger charge is 2.29. The zero-order valence-electron chi connectivity index (χ0n) is 7.27. The van der Waals surface area contributed by atoms with Crippen LogP contribution in [-0.2, 0) is 12.8 Å². The highest BCUT2D eigenvalue weighted by Crippen LogP contribution is 2.23. The minimum Gasteiger partial charge on any atom is -0.246 e. The monoisotopic (exact) mass is 243 g/mol. The fourth-order valence-electron chi connectivity index (χ4n) is 0.964. The lowest BCUT2D eigenvalue weighted by Gasteiger charge is -2.01. The summed E-state index contributed by atoms with van der Waals surface area (Å²) in [6.45, 7) is 0. The largest absolute Gasteiger partial charge is 0.395 e. The first-order chi connectivity index (χ1) is 6.51. The molecule has 0 unspecified atom stereocenters. The molecular formula is C8H9ClF3NS. The van der Waals surface area contributed by atoms with Gasteiger partial charge in [0.05, 0.1) is 12.1 Å². The van der Waals surface area contributed by atoms with Crippen LogP contribution in [0, 0.1) is 0 Å². The van der Waals surface area contributed by atoms with E-state index in [1.807, 2.05) is 0 Å². The molecule has 0 saturated carbocycles. The van der Waals surface area contributed by atoms with E-state index in [0.717, 1.165) is 17.8 Å². The lowest BCUT2D eigenvalue weighted by molar-refractivity contribution is -0.127. The van der Waals surface area contributed by atoms with Crippen molar-refractivity contribution >= 4 is 22.9 Å². The predicted octanol–water partition coefficient (Wildman–Crippen LogP) is 3.42. The predicted molar refractivity (Wildman–Crippen MR) is 50.9 cm³/mol. The van der Waals surface area contributed by atoms with Crippen molar-refractivity contribution in [1.82, 2.24) is 4.98 Å². The smallest absolute Gasteiger partial charge is 0.246 e. The number of aryl methyl sites for hydroxylation is 1. The van der Waals surface area contributed by atoms with Crippen LogP contribution in [0.4, 0.5) is 13.2 Å². The second kappa shape index (κ2) is 4.98. The summed E-state index contributed by atoms with van der Waals surface area (Å²) in [7, 11) is 0. The highest BCUT2D eigenvalue weighted by atomic mass is 35.5. The van der Waals surface area contributed by atoms with Crippen molar-refractivity contribution in [1.29, 1.82) is 0 Å². The Kier molecular flexibility index (Phi) is 4.19. The zero-order chi connectivity index (χ0) is 10.6. The molecule has 1 rings (SSSR count). The Morgan fingerprint density at radius 1 is 1.43 bits per heavy atom. The van der Waals surface area contributed by atoms with Gasteiger partial charge in [0.25, 0.3) is 0 Å². The number of halogens is 4. The molecule has 6 heteroatoms. The van der Waals surface area contributed by atoms with Gasteiger partial charge in [0, 0.05) is 11.3 Å². The molecule has 0 aliphatic heterocycles. The van der Waals surface area contributed by atoms with Crippen LogP contribution < -0.4 is 0 Å². The van der Waals surface area contributed by atoms with Crippen LogP contribution in [0.25, 0.3) is 0 Å². The molecule has 1 aromatic rings. The maximum absolute atomic E-state index is 11.9. The summed E-state index contributed by atoms with van der Waals surface area (Å²) in [5.41, 5.74) is 0.704. The van der Waals surface area contributed by atoms with Gasteiger partial charge in [-0.25, -0.2) is 4.98 Å². The summed E-state index contributed by atoms with van der Waals surface area (Å²) < 4.78 is 35.8. The van der Waals surface area contributed by atoms with Crippen molar-refractivity contribution in [2.45, 2.75) is 25.4 Å². The van der Waals surface area contributed by atoms with E-state index in [9.17, 15) is 13.2 Å². The van der Waals surface area contributed by atoms with Gasteiger partial charge in [-0.3, -0.25) is 0 Å². The number of aromatic nitrogens is 1. The van der Waals surface area contributed by atoms with Gasteiger partial charge in [-0.1, -0.05) is 0 Å². The van der Waals surface area contributed by atoms with Crippen LogP contribution in [-0.4, -0.2) is 17.0 Å². The summed E-state index contributed by atoms with van der Waals surface area (Å²) >= 11 is 6.51. The molecule has 0 aliphatic rings. The standard InChI is InChI=1S/C8H9ClF3NS/c9-3-1-2-6-5-14-7(13-6)4-8(10,11)12/h5H,1-4H2. The van der Waals surface area contributed by atoms with E-state index in [4.69, 9.17) is 11.6 Å². The average molecular weight is 244 g/mol. The summed E-state index contributed by atoms with van der Waals surface area (Å²) in [6.07, 6.45) is -3.70. The van der Waals surface area contributed by atoms with E-state index < -0.39 is 12.6 Å². The molecule has 1 nitrogen and oxygen atoms in total. The van der Waals surface area contributed by atoms with Crippen molar-refractivity contribution < 1.29 is 13.2 Å². The molecule has 0 aromatic carbocycles. The van der Waals surface area contributed by atoms with Crippen LogP contribution in [0.3, 0.4) is 0 Å². The SMILES string of the molecule is FC(F)(F)Cc1nc(CCCCl)cs1. The van der Waals surface area contributed by atoms with Crippen LogP contribution >= 0.6 is 22.9 Å². The molecular weight excluding hydrogens is 235 g/mol. The van der Waals surface area contributed by atoms with E-state index in [1.165, 1.54) is 0 Å². The molecule has 0 aliphatic carbocycles. The third-order valence-electron chi connectivity index (χ3n) is 1.52. The number of alkyl halides is 4. The van der Waals surface area contributed by atoms with Gasteiger partial charge in [-0.15, -0.1) is 22.9 Å². The molecule has 0 radical (unpaired) electrons. The second-order valence-electron chi connectivity index (χ2n) is 2.82. The normalized spacial score (nSPS) is 12.0. The Morgan fingerprint density at radius 2 is 2.14 bits per heavy atom. The van der Waals surface area contributed by atoms with Gasteiger partial charge >= 0.3 is 6.18 Å². The lowest BCUT2D eigenvalue weighted by atomic mass is 10.3. The summed E-state index contributed by atoms with van der Waals surface area (Å²) in [4.78, 5) is 3.87. The summed E-state index contributed by atoms with van der Waals surface area (Å²) in [5, 5.41) is 1.79. The Bertz CT molecular complexity index is 284. The minimum absolute atomic E-state index is 0.127. The topological polar surface area (TPSA) is 12.9 Å². The summed E-state index contributed by atoms with van der Waals surface area (Å²) in [6, 6.07) is 0. The molecule has 0 fully saturated rings. The Labute approximate surface area is 88.9 Å². The molecule has 14 heavy (non-hydrogen) atoms. The van der Waals surface area contributed by atoms with Crippen LogP contribution in [0.5, 0.6) is 0 Å². The van der Waals surface area contributed by atoms with Crippen molar-refractivity contribution in [3.63, 3.8) is 0 Å². The fourth-order valence-corrected chi connectivity index (χ4v) is 1.96. The number of hydrogen-bond acceptors (Lipinski definition) is 2. The van der Waals surface area contributed by atoms with Gasteiger partial charge in [0.2, 0.25) is 0 Å². The van der Waals surface area contributed by atoms with Crippen molar-refractivity contribution in [3.8, 4) is 0 Å². The molecule has 1 aromatic heterocycles. The third kappa shape index (κ3) is 4.28. The van der Waals surface area contributed by atoms with E-state index in [1.54, 1.807) is 5.38 Å². The number of nitrogens with zero attached hydrogens (tertiary/aromatic N) is 1. The number of rotatable bonds is 4. The highest BCUT2D eigenvalue weighted by molar-refractivity contribution is 7.09. The molecule has 0 spiro atoms. The van der Waals surface area contributed by atoms with Crippen molar-refractivity contribution in [2.24, 2.45) is 0 Å². The quantitative estimate of drug-likeness (QED) is 0.739. The van der Waals surface area contributed by atoms with Crippen LogP contribution in [0.15, 0.2) is 5.38 Å². The summed E-state index contributed by atoms with van der Waals surface area (Å²) in [5.74, 6) is 0.506. The maximum atomic E-state index is 11.9. The zero-order valence-corrected chi connectivity index (χ0v) is 8.85. The van der Waals surface area contributed by atoms with E-state index in [-0.39, 0.29) is 5.01 Å². The minimum atomic E-state index is -4.17. The number of thiazole rings is 1. The third-order valence-corrected chi connectivity index (χ3v) is 2.68. The van der Waals surface area contributed by atoms with E-state index in [0.29, 0.717) is 18.0 Å². The molecule has 0 saturated heterocycles. The Balaban J connectivity index is 2.51. The van der Waals surface area contributed by atoms with Crippen molar-refractivity contribution in [3.05, 3.63) is 16.1 Å². The Hall–Kier alpha value is -0.290. The average Bonchev–Trinajstić information content (AvgIpc) is 2.46. The number of hydrogen-bond donors (Lipinski definition) is 0. The van der Waals surface area contributed by atoms with Crippen LogP contribution in [0.1, 0.15) is 17.1 Å². The Morgan fingerprint density at radius 3 is 2.71 bits per heavy atom. The van der Waals surface area contributed by atoms with Gasteiger partial charge in [0.1, 0.15) is 5.01 Å².